The molecule has 21 heavy (non-hydrogen) atoms. The molecule has 2 aromatic rings. The highest BCUT2D eigenvalue weighted by Gasteiger charge is 2.09. The van der Waals surface area contributed by atoms with E-state index in [1.54, 1.807) is 18.2 Å². The second kappa shape index (κ2) is 7.69. The standard InChI is InChI=1S/C16H18F2N2O/c1-2-7-19-9-13-8-14(17)10-20-16(13)21-11-12-5-3-4-6-15(12)18/h3-6,8,10,19H,2,7,9,11H2,1H3. The summed E-state index contributed by atoms with van der Waals surface area (Å²) in [5.74, 6) is -0.421. The normalized spacial score (nSPS) is 10.6. The molecular weight excluding hydrogens is 274 g/mol. The molecule has 0 aliphatic rings. The van der Waals surface area contributed by atoms with Crippen LogP contribution in [0.3, 0.4) is 0 Å². The molecule has 112 valence electrons. The minimum Gasteiger partial charge on any atom is -0.472 e. The molecule has 5 heteroatoms. The van der Waals surface area contributed by atoms with E-state index in [4.69, 9.17) is 4.74 Å². The summed E-state index contributed by atoms with van der Waals surface area (Å²) in [7, 11) is 0. The predicted octanol–water partition coefficient (Wildman–Crippen LogP) is 3.44. The molecule has 0 unspecified atom stereocenters. The van der Waals surface area contributed by atoms with Gasteiger partial charge in [0.1, 0.15) is 18.2 Å². The van der Waals surface area contributed by atoms with Crippen LogP contribution in [0, 0.1) is 11.6 Å². The van der Waals surface area contributed by atoms with E-state index in [-0.39, 0.29) is 12.4 Å². The lowest BCUT2D eigenvalue weighted by molar-refractivity contribution is 0.283. The maximum Gasteiger partial charge on any atom is 0.218 e. The van der Waals surface area contributed by atoms with E-state index in [0.717, 1.165) is 19.2 Å². The van der Waals surface area contributed by atoms with Crippen LogP contribution in [0.1, 0.15) is 24.5 Å². The van der Waals surface area contributed by atoms with E-state index in [9.17, 15) is 8.78 Å². The van der Waals surface area contributed by atoms with Crippen molar-refractivity contribution in [1.29, 1.82) is 0 Å². The van der Waals surface area contributed by atoms with Crippen LogP contribution in [0.25, 0.3) is 0 Å². The first-order valence-corrected chi connectivity index (χ1v) is 6.92. The average molecular weight is 292 g/mol. The molecule has 0 atom stereocenters. The summed E-state index contributed by atoms with van der Waals surface area (Å²) in [5, 5.41) is 3.17. The van der Waals surface area contributed by atoms with E-state index >= 15 is 0 Å². The highest BCUT2D eigenvalue weighted by Crippen LogP contribution is 2.18. The van der Waals surface area contributed by atoms with Crippen molar-refractivity contribution in [2.75, 3.05) is 6.54 Å². The number of aromatic nitrogens is 1. The summed E-state index contributed by atoms with van der Waals surface area (Å²) in [6, 6.07) is 7.76. The topological polar surface area (TPSA) is 34.2 Å². The summed E-state index contributed by atoms with van der Waals surface area (Å²) in [6.07, 6.45) is 2.08. The molecule has 1 N–H and O–H groups in total. The molecule has 0 amide bonds. The Hall–Kier alpha value is -2.01. The maximum atomic E-state index is 13.5. The van der Waals surface area contributed by atoms with Gasteiger partial charge in [0.05, 0.1) is 6.20 Å². The third-order valence-electron chi connectivity index (χ3n) is 2.96. The fourth-order valence-electron chi connectivity index (χ4n) is 1.89. The first kappa shape index (κ1) is 15.4. The maximum absolute atomic E-state index is 13.5. The number of hydrogen-bond donors (Lipinski definition) is 1. The quantitative estimate of drug-likeness (QED) is 0.794. The van der Waals surface area contributed by atoms with Crippen LogP contribution >= 0.6 is 0 Å². The van der Waals surface area contributed by atoms with Crippen LogP contribution in [0.5, 0.6) is 5.88 Å². The highest BCUT2D eigenvalue weighted by molar-refractivity contribution is 5.27. The van der Waals surface area contributed by atoms with Gasteiger partial charge in [-0.15, -0.1) is 0 Å². The molecule has 1 aromatic carbocycles. The molecule has 0 fully saturated rings. The van der Waals surface area contributed by atoms with E-state index in [1.807, 2.05) is 6.92 Å². The first-order chi connectivity index (χ1) is 10.2. The zero-order valence-corrected chi connectivity index (χ0v) is 11.9. The average Bonchev–Trinajstić information content (AvgIpc) is 2.48. The van der Waals surface area contributed by atoms with Crippen LogP contribution in [0.2, 0.25) is 0 Å². The third kappa shape index (κ3) is 4.49. The highest BCUT2D eigenvalue weighted by atomic mass is 19.1. The van der Waals surface area contributed by atoms with Gasteiger partial charge in [-0.2, -0.15) is 0 Å². The fourth-order valence-corrected chi connectivity index (χ4v) is 1.89. The molecule has 0 radical (unpaired) electrons. The summed E-state index contributed by atoms with van der Waals surface area (Å²) < 4.78 is 32.3. The van der Waals surface area contributed by atoms with Crippen molar-refractivity contribution in [2.24, 2.45) is 0 Å². The lowest BCUT2D eigenvalue weighted by Crippen LogP contribution is -2.15. The molecule has 1 aromatic heterocycles. The van der Waals surface area contributed by atoms with Gasteiger partial charge in [0.2, 0.25) is 5.88 Å². The number of benzene rings is 1. The van der Waals surface area contributed by atoms with Crippen LogP contribution < -0.4 is 10.1 Å². The van der Waals surface area contributed by atoms with Crippen LogP contribution in [0.4, 0.5) is 8.78 Å². The largest absolute Gasteiger partial charge is 0.472 e. The van der Waals surface area contributed by atoms with Gasteiger partial charge < -0.3 is 10.1 Å². The van der Waals surface area contributed by atoms with Gasteiger partial charge in [-0.1, -0.05) is 25.1 Å². The summed E-state index contributed by atoms with van der Waals surface area (Å²) in [4.78, 5) is 3.94. The van der Waals surface area contributed by atoms with Gasteiger partial charge in [-0.25, -0.2) is 13.8 Å². The van der Waals surface area contributed by atoms with Crippen molar-refractivity contribution in [3.63, 3.8) is 0 Å². The lowest BCUT2D eigenvalue weighted by Gasteiger charge is -2.11. The Morgan fingerprint density at radius 2 is 2.00 bits per heavy atom. The number of rotatable bonds is 7. The number of halogens is 2. The van der Waals surface area contributed by atoms with Gasteiger partial charge in [0.25, 0.3) is 0 Å². The Kier molecular flexibility index (Phi) is 5.63. The Bertz CT molecular complexity index is 590. The van der Waals surface area contributed by atoms with E-state index in [2.05, 4.69) is 10.3 Å². The first-order valence-electron chi connectivity index (χ1n) is 6.92. The third-order valence-corrected chi connectivity index (χ3v) is 2.96. The van der Waals surface area contributed by atoms with Crippen LogP contribution in [-0.2, 0) is 13.2 Å². The smallest absolute Gasteiger partial charge is 0.218 e. The van der Waals surface area contributed by atoms with Crippen LogP contribution in [0.15, 0.2) is 36.5 Å². The Morgan fingerprint density at radius 3 is 2.76 bits per heavy atom. The molecule has 3 nitrogen and oxygen atoms in total. The summed E-state index contributed by atoms with van der Waals surface area (Å²) >= 11 is 0. The van der Waals surface area contributed by atoms with Gasteiger partial charge in [0, 0.05) is 17.7 Å². The monoisotopic (exact) mass is 292 g/mol. The van der Waals surface area contributed by atoms with E-state index in [0.29, 0.717) is 23.6 Å². The number of ether oxygens (including phenoxy) is 1. The van der Waals surface area contributed by atoms with E-state index < -0.39 is 5.82 Å². The number of pyridine rings is 1. The Labute approximate surface area is 123 Å². The Balaban J connectivity index is 2.06. The van der Waals surface area contributed by atoms with Gasteiger partial charge in [-0.05, 0) is 25.1 Å². The molecule has 0 aliphatic carbocycles. The lowest BCUT2D eigenvalue weighted by atomic mass is 10.2. The molecule has 0 saturated heterocycles. The second-order valence-electron chi connectivity index (χ2n) is 4.67. The number of nitrogens with one attached hydrogen (secondary N) is 1. The fraction of sp³-hybridized carbons (Fsp3) is 0.312. The summed E-state index contributed by atoms with van der Waals surface area (Å²) in [6.45, 7) is 3.40. The van der Waals surface area contributed by atoms with Gasteiger partial charge in [-0.3, -0.25) is 0 Å². The minimum atomic E-state index is -0.415. The van der Waals surface area contributed by atoms with Gasteiger partial charge >= 0.3 is 0 Å². The molecule has 0 saturated carbocycles. The molecule has 1 heterocycles. The number of hydrogen-bond acceptors (Lipinski definition) is 3. The SMILES string of the molecule is CCCNCc1cc(F)cnc1OCc1ccccc1F. The van der Waals surface area contributed by atoms with Crippen molar-refractivity contribution >= 4 is 0 Å². The Morgan fingerprint density at radius 1 is 1.19 bits per heavy atom. The molecule has 0 aliphatic heterocycles. The molecule has 2 rings (SSSR count). The molecule has 0 bridgehead atoms. The van der Waals surface area contributed by atoms with Crippen molar-refractivity contribution in [1.82, 2.24) is 10.3 Å². The van der Waals surface area contributed by atoms with Gasteiger partial charge in [0.15, 0.2) is 0 Å². The van der Waals surface area contributed by atoms with Crippen molar-refractivity contribution in [3.8, 4) is 5.88 Å². The molecular formula is C16H18F2N2O. The van der Waals surface area contributed by atoms with Crippen molar-refractivity contribution in [2.45, 2.75) is 26.5 Å². The zero-order chi connectivity index (χ0) is 15.1. The van der Waals surface area contributed by atoms with Crippen LogP contribution in [-0.4, -0.2) is 11.5 Å². The van der Waals surface area contributed by atoms with E-state index in [1.165, 1.54) is 12.1 Å². The predicted molar refractivity (Wildman–Crippen MR) is 76.9 cm³/mol. The molecule has 0 spiro atoms. The number of nitrogens with zero attached hydrogens (tertiary/aromatic N) is 1. The zero-order valence-electron chi connectivity index (χ0n) is 11.9. The van der Waals surface area contributed by atoms with Crippen molar-refractivity contribution < 1.29 is 13.5 Å². The van der Waals surface area contributed by atoms with Crippen molar-refractivity contribution in [3.05, 3.63) is 59.3 Å². The second-order valence-corrected chi connectivity index (χ2v) is 4.67. The minimum absolute atomic E-state index is 0.0616. The summed E-state index contributed by atoms with van der Waals surface area (Å²) in [5.41, 5.74) is 1.07.